The van der Waals surface area contributed by atoms with Crippen molar-refractivity contribution in [3.63, 3.8) is 0 Å². The van der Waals surface area contributed by atoms with Gasteiger partial charge in [0.2, 0.25) is 0 Å². The van der Waals surface area contributed by atoms with Crippen LogP contribution in [0.2, 0.25) is 0 Å². The lowest BCUT2D eigenvalue weighted by atomic mass is 9.89. The van der Waals surface area contributed by atoms with E-state index in [1.807, 2.05) is 54.6 Å². The van der Waals surface area contributed by atoms with Crippen molar-refractivity contribution >= 4 is 17.9 Å². The average Bonchev–Trinajstić information content (AvgIpc) is 2.90. The number of hydrogen-bond donors (Lipinski definition) is 2. The minimum absolute atomic E-state index is 0.268. The van der Waals surface area contributed by atoms with E-state index in [9.17, 15) is 9.59 Å². The number of nitrogens with one attached hydrogen (secondary N) is 2. The number of amides is 1. The molecule has 5 heteroatoms. The Bertz CT molecular complexity index is 1120. The van der Waals surface area contributed by atoms with Crippen molar-refractivity contribution in [2.24, 2.45) is 0 Å². The molecule has 0 saturated carbocycles. The van der Waals surface area contributed by atoms with E-state index in [0.29, 0.717) is 35.1 Å². The van der Waals surface area contributed by atoms with Gasteiger partial charge in [-0.1, -0.05) is 55.8 Å². The zero-order valence-electron chi connectivity index (χ0n) is 19.7. The third kappa shape index (κ3) is 5.72. The monoisotopic (exact) mass is 456 g/mol. The van der Waals surface area contributed by atoms with Gasteiger partial charge in [-0.05, 0) is 79.2 Å². The number of anilines is 1. The molecule has 0 aliphatic carbocycles. The summed E-state index contributed by atoms with van der Waals surface area (Å²) < 4.78 is 5.99. The molecule has 0 radical (unpaired) electrons. The van der Waals surface area contributed by atoms with E-state index in [2.05, 4.69) is 23.6 Å². The second kappa shape index (κ2) is 11.6. The highest BCUT2D eigenvalue weighted by molar-refractivity contribution is 6.08. The van der Waals surface area contributed by atoms with Crippen molar-refractivity contribution < 1.29 is 14.3 Å². The van der Waals surface area contributed by atoms with Gasteiger partial charge in [0.1, 0.15) is 5.75 Å². The Balaban J connectivity index is 1.64. The fourth-order valence-electron chi connectivity index (χ4n) is 4.35. The molecule has 0 aromatic heterocycles. The lowest BCUT2D eigenvalue weighted by Gasteiger charge is -2.24. The zero-order chi connectivity index (χ0) is 23.8. The predicted octanol–water partition coefficient (Wildman–Crippen LogP) is 6.06. The summed E-state index contributed by atoms with van der Waals surface area (Å²) in [4.78, 5) is 25.2. The number of rotatable bonds is 9. The standard InChI is InChI=1S/C29H32N2O3/c1-2-3-17-34-28-12-11-23(22-13-15-30-16-14-22)18-26(28)29(33)31-27-19-24(9-10-25(27)20-32)21-7-5-4-6-8-21/h4-12,18-20,22,30H,2-3,13-17H2,1H3,(H,31,33). The van der Waals surface area contributed by atoms with Gasteiger partial charge in [-0.3, -0.25) is 9.59 Å². The van der Waals surface area contributed by atoms with Crippen molar-refractivity contribution in [2.75, 3.05) is 25.0 Å². The number of hydrogen-bond acceptors (Lipinski definition) is 4. The summed E-state index contributed by atoms with van der Waals surface area (Å²) in [6.07, 6.45) is 4.81. The fourth-order valence-corrected chi connectivity index (χ4v) is 4.35. The number of carbonyl (C=O) groups excluding carboxylic acids is 2. The summed E-state index contributed by atoms with van der Waals surface area (Å²) in [6.45, 7) is 4.64. The third-order valence-corrected chi connectivity index (χ3v) is 6.35. The molecule has 1 aliphatic heterocycles. The van der Waals surface area contributed by atoms with Gasteiger partial charge >= 0.3 is 0 Å². The molecular formula is C29H32N2O3. The molecule has 1 aliphatic rings. The summed E-state index contributed by atoms with van der Waals surface area (Å²) in [5.41, 5.74) is 4.55. The summed E-state index contributed by atoms with van der Waals surface area (Å²) in [7, 11) is 0. The summed E-state index contributed by atoms with van der Waals surface area (Å²) >= 11 is 0. The van der Waals surface area contributed by atoms with Crippen molar-refractivity contribution in [3.05, 3.63) is 83.4 Å². The number of aldehydes is 1. The molecule has 4 rings (SSSR count). The number of carbonyl (C=O) groups is 2. The van der Waals surface area contributed by atoms with Crippen LogP contribution in [0.4, 0.5) is 5.69 Å². The first-order chi connectivity index (χ1) is 16.7. The highest BCUT2D eigenvalue weighted by Crippen LogP contribution is 2.31. The van der Waals surface area contributed by atoms with Crippen molar-refractivity contribution in [2.45, 2.75) is 38.5 Å². The van der Waals surface area contributed by atoms with Crippen LogP contribution in [0.3, 0.4) is 0 Å². The van der Waals surface area contributed by atoms with Crippen LogP contribution < -0.4 is 15.4 Å². The molecule has 176 valence electrons. The molecule has 34 heavy (non-hydrogen) atoms. The van der Waals surface area contributed by atoms with Crippen LogP contribution >= 0.6 is 0 Å². The van der Waals surface area contributed by atoms with Crippen LogP contribution in [-0.4, -0.2) is 31.9 Å². The maximum atomic E-state index is 13.5. The summed E-state index contributed by atoms with van der Waals surface area (Å²) in [5, 5.41) is 6.38. The zero-order valence-corrected chi connectivity index (χ0v) is 19.7. The molecule has 1 saturated heterocycles. The molecule has 0 atom stereocenters. The van der Waals surface area contributed by atoms with E-state index in [-0.39, 0.29) is 5.91 Å². The first kappa shape index (κ1) is 23.7. The van der Waals surface area contributed by atoms with Crippen LogP contribution in [0.25, 0.3) is 11.1 Å². The second-order valence-corrected chi connectivity index (χ2v) is 8.72. The first-order valence-corrected chi connectivity index (χ1v) is 12.1. The molecule has 0 unspecified atom stereocenters. The van der Waals surface area contributed by atoms with E-state index in [0.717, 1.165) is 61.7 Å². The van der Waals surface area contributed by atoms with Crippen LogP contribution in [-0.2, 0) is 0 Å². The smallest absolute Gasteiger partial charge is 0.259 e. The van der Waals surface area contributed by atoms with Gasteiger partial charge in [0.25, 0.3) is 5.91 Å². The Kier molecular flexibility index (Phi) is 8.10. The van der Waals surface area contributed by atoms with E-state index >= 15 is 0 Å². The number of unbranched alkanes of at least 4 members (excludes halogenated alkanes) is 1. The molecule has 2 N–H and O–H groups in total. The van der Waals surface area contributed by atoms with Crippen LogP contribution in [0.15, 0.2) is 66.7 Å². The van der Waals surface area contributed by atoms with E-state index in [4.69, 9.17) is 4.74 Å². The van der Waals surface area contributed by atoms with Gasteiger partial charge in [0.15, 0.2) is 6.29 Å². The number of benzene rings is 3. The SMILES string of the molecule is CCCCOc1ccc(C2CCNCC2)cc1C(=O)Nc1cc(-c2ccccc2)ccc1C=O. The predicted molar refractivity (Wildman–Crippen MR) is 137 cm³/mol. The molecule has 0 spiro atoms. The number of ether oxygens (including phenoxy) is 1. The molecule has 5 nitrogen and oxygen atoms in total. The van der Waals surface area contributed by atoms with Crippen LogP contribution in [0.1, 0.15) is 64.8 Å². The van der Waals surface area contributed by atoms with Crippen LogP contribution in [0, 0.1) is 0 Å². The maximum Gasteiger partial charge on any atom is 0.259 e. The molecule has 0 bridgehead atoms. The highest BCUT2D eigenvalue weighted by Gasteiger charge is 2.20. The Hall–Kier alpha value is -3.44. The van der Waals surface area contributed by atoms with Gasteiger partial charge in [0, 0.05) is 5.56 Å². The summed E-state index contributed by atoms with van der Waals surface area (Å²) in [6, 6.07) is 21.4. The van der Waals surface area contributed by atoms with Crippen molar-refractivity contribution in [1.29, 1.82) is 0 Å². The molecule has 3 aromatic rings. The van der Waals surface area contributed by atoms with E-state index < -0.39 is 0 Å². The van der Waals surface area contributed by atoms with Crippen molar-refractivity contribution in [1.82, 2.24) is 5.32 Å². The van der Waals surface area contributed by atoms with Gasteiger partial charge in [0.05, 0.1) is 17.9 Å². The minimum atomic E-state index is -0.268. The van der Waals surface area contributed by atoms with Gasteiger partial charge in [-0.2, -0.15) is 0 Å². The fraction of sp³-hybridized carbons (Fsp3) is 0.310. The number of piperidine rings is 1. The highest BCUT2D eigenvalue weighted by atomic mass is 16.5. The van der Waals surface area contributed by atoms with Crippen molar-refractivity contribution in [3.8, 4) is 16.9 Å². The normalized spacial score (nSPS) is 13.9. The molecular weight excluding hydrogens is 424 g/mol. The second-order valence-electron chi connectivity index (χ2n) is 8.72. The topological polar surface area (TPSA) is 67.4 Å². The lowest BCUT2D eigenvalue weighted by molar-refractivity contribution is 0.102. The Morgan fingerprint density at radius 1 is 1.03 bits per heavy atom. The summed E-state index contributed by atoms with van der Waals surface area (Å²) in [5.74, 6) is 0.732. The Morgan fingerprint density at radius 3 is 2.56 bits per heavy atom. The molecule has 1 amide bonds. The minimum Gasteiger partial charge on any atom is -0.493 e. The third-order valence-electron chi connectivity index (χ3n) is 6.35. The molecule has 1 heterocycles. The quantitative estimate of drug-likeness (QED) is 0.303. The van der Waals surface area contributed by atoms with Gasteiger partial charge in [-0.25, -0.2) is 0 Å². The van der Waals surface area contributed by atoms with Gasteiger partial charge < -0.3 is 15.4 Å². The Morgan fingerprint density at radius 2 is 1.82 bits per heavy atom. The van der Waals surface area contributed by atoms with Crippen LogP contribution in [0.5, 0.6) is 5.75 Å². The van der Waals surface area contributed by atoms with Gasteiger partial charge in [-0.15, -0.1) is 0 Å². The van der Waals surface area contributed by atoms with E-state index in [1.54, 1.807) is 6.07 Å². The molecule has 1 fully saturated rings. The largest absolute Gasteiger partial charge is 0.493 e. The maximum absolute atomic E-state index is 13.5. The Labute approximate surface area is 201 Å². The first-order valence-electron chi connectivity index (χ1n) is 12.1. The average molecular weight is 457 g/mol. The lowest BCUT2D eigenvalue weighted by Crippen LogP contribution is -2.26. The van der Waals surface area contributed by atoms with E-state index in [1.165, 1.54) is 0 Å². The molecule has 3 aromatic carbocycles.